The molecule has 2 aromatic rings. The van der Waals surface area contributed by atoms with Gasteiger partial charge < -0.3 is 14.4 Å². The summed E-state index contributed by atoms with van der Waals surface area (Å²) in [5, 5.41) is 21.3. The zero-order valence-electron chi connectivity index (χ0n) is 21.9. The molecule has 1 saturated carbocycles. The van der Waals surface area contributed by atoms with E-state index in [2.05, 4.69) is 16.0 Å². The first-order valence-corrected chi connectivity index (χ1v) is 14.4. The fourth-order valence-electron chi connectivity index (χ4n) is 4.92. The minimum absolute atomic E-state index is 0.0178. The predicted molar refractivity (Wildman–Crippen MR) is 145 cm³/mol. The van der Waals surface area contributed by atoms with Crippen molar-refractivity contribution in [2.45, 2.75) is 54.2 Å². The Morgan fingerprint density at radius 3 is 2.33 bits per heavy atom. The quantitative estimate of drug-likeness (QED) is 0.164. The van der Waals surface area contributed by atoms with E-state index in [1.165, 1.54) is 12.1 Å². The fraction of sp³-hybridized carbons (Fsp3) is 0.429. The van der Waals surface area contributed by atoms with Crippen molar-refractivity contribution in [3.63, 3.8) is 0 Å². The molecule has 0 bridgehead atoms. The maximum absolute atomic E-state index is 13.6. The average molecular weight is 557 g/mol. The monoisotopic (exact) mass is 556 g/mol. The topological polar surface area (TPSA) is 130 Å². The van der Waals surface area contributed by atoms with Gasteiger partial charge in [0.15, 0.2) is 14.6 Å². The van der Waals surface area contributed by atoms with E-state index in [1.54, 1.807) is 24.7 Å². The van der Waals surface area contributed by atoms with Gasteiger partial charge >= 0.3 is 6.07 Å². The van der Waals surface area contributed by atoms with E-state index in [-0.39, 0.29) is 17.7 Å². The van der Waals surface area contributed by atoms with Crippen molar-refractivity contribution in [2.24, 2.45) is 0 Å². The molecule has 2 fully saturated rings. The van der Waals surface area contributed by atoms with Crippen molar-refractivity contribution in [1.82, 2.24) is 10.4 Å². The molecule has 1 aliphatic carbocycles. The zero-order valence-corrected chi connectivity index (χ0v) is 22.7. The van der Waals surface area contributed by atoms with Crippen LogP contribution in [0.5, 0.6) is 11.5 Å². The molecular weight excluding hydrogens is 522 g/mol. The number of hydroxylamine groups is 1. The van der Waals surface area contributed by atoms with E-state index in [4.69, 9.17) is 14.7 Å². The van der Waals surface area contributed by atoms with Gasteiger partial charge in [0.25, 0.3) is 5.91 Å². The second kappa shape index (κ2) is 12.5. The van der Waals surface area contributed by atoms with Crippen LogP contribution in [-0.2, 0) is 14.6 Å². The Labute approximate surface area is 228 Å². The number of methoxy groups -OCH3 is 1. The zero-order chi connectivity index (χ0) is 27.9. The molecule has 11 heteroatoms. The van der Waals surface area contributed by atoms with Gasteiger partial charge in [-0.25, -0.2) is 13.9 Å². The largest absolute Gasteiger partial charge is 0.497 e. The molecule has 3 N–H and O–H groups in total. The minimum atomic E-state index is -4.06. The van der Waals surface area contributed by atoms with Crippen molar-refractivity contribution >= 4 is 21.3 Å². The van der Waals surface area contributed by atoms with Crippen LogP contribution in [0.4, 0.5) is 0 Å². The molecule has 10 nitrogen and oxygen atoms in total. The lowest BCUT2D eigenvalue weighted by molar-refractivity contribution is -0.133. The van der Waals surface area contributed by atoms with Crippen LogP contribution < -0.4 is 15.0 Å². The fourth-order valence-corrected chi connectivity index (χ4v) is 6.88. The van der Waals surface area contributed by atoms with Crippen molar-refractivity contribution in [2.75, 3.05) is 26.8 Å². The van der Waals surface area contributed by atoms with Crippen LogP contribution in [-0.4, -0.2) is 67.2 Å². The van der Waals surface area contributed by atoms with Gasteiger partial charge in [-0.3, -0.25) is 10.0 Å². The van der Waals surface area contributed by atoms with Gasteiger partial charge in [0.1, 0.15) is 17.1 Å². The van der Waals surface area contributed by atoms with Crippen molar-refractivity contribution in [3.8, 4) is 17.6 Å². The number of ether oxygens (including phenoxy) is 2. The Kier molecular flexibility index (Phi) is 9.12. The van der Waals surface area contributed by atoms with E-state index < -0.39 is 20.5 Å². The molecular formula is C28H34N3O7S+. The highest BCUT2D eigenvalue weighted by molar-refractivity contribution is 7.93. The van der Waals surface area contributed by atoms with Crippen LogP contribution in [0.25, 0.3) is 10.6 Å². The van der Waals surface area contributed by atoms with Crippen molar-refractivity contribution in [1.29, 1.82) is 0 Å². The first-order valence-electron chi connectivity index (χ1n) is 13.0. The summed E-state index contributed by atoms with van der Waals surface area (Å²) in [6.45, 7) is 1.37. The third kappa shape index (κ3) is 6.36. The van der Waals surface area contributed by atoms with Gasteiger partial charge in [-0.1, -0.05) is 6.08 Å². The van der Waals surface area contributed by atoms with E-state index in [0.29, 0.717) is 49.9 Å². The third-order valence-electron chi connectivity index (χ3n) is 7.37. The van der Waals surface area contributed by atoms with Gasteiger partial charge in [-0.2, -0.15) is 5.21 Å². The summed E-state index contributed by atoms with van der Waals surface area (Å²) in [6, 6.07) is 16.4. The highest BCUT2D eigenvalue weighted by Crippen LogP contribution is 2.39. The summed E-state index contributed by atoms with van der Waals surface area (Å²) in [5.74, 6) is 0.335. The molecule has 0 aromatic heterocycles. The molecule has 0 spiro atoms. The Bertz CT molecular complexity index is 1330. The lowest BCUT2D eigenvalue weighted by Crippen LogP contribution is -2.58. The number of benzene rings is 2. The highest BCUT2D eigenvalue weighted by Gasteiger charge is 2.53. The molecule has 4 rings (SSSR count). The minimum Gasteiger partial charge on any atom is -0.497 e. The number of carbonyl (C=O) groups is 1. The van der Waals surface area contributed by atoms with Crippen LogP contribution >= 0.6 is 0 Å². The van der Waals surface area contributed by atoms with Crippen molar-refractivity contribution < 1.29 is 33.1 Å². The smallest absolute Gasteiger partial charge is 0.388 e. The summed E-state index contributed by atoms with van der Waals surface area (Å²) in [6.07, 6.45) is 5.63. The van der Waals surface area contributed by atoms with E-state index in [9.17, 15) is 18.4 Å². The summed E-state index contributed by atoms with van der Waals surface area (Å²) in [7, 11) is -2.47. The van der Waals surface area contributed by atoms with Crippen LogP contribution in [0.2, 0.25) is 0 Å². The number of amides is 1. The SMILES string of the molecule is COc1ccc(C(C#[N+]O)=CCCCOc2ccc(S(=O)(=O)C3(C(=O)NO)CCN(C4CC4)CC3)cc2)cc1. The summed E-state index contributed by atoms with van der Waals surface area (Å²) in [4.78, 5) is 14.9. The Morgan fingerprint density at radius 2 is 1.77 bits per heavy atom. The second-order valence-electron chi connectivity index (χ2n) is 9.73. The van der Waals surface area contributed by atoms with Crippen LogP contribution in [0.3, 0.4) is 0 Å². The van der Waals surface area contributed by atoms with E-state index in [0.717, 1.165) is 24.2 Å². The molecule has 1 heterocycles. The molecule has 1 aliphatic heterocycles. The Hall–Kier alpha value is -3.59. The molecule has 39 heavy (non-hydrogen) atoms. The first kappa shape index (κ1) is 28.4. The number of unbranched alkanes of at least 4 members (excludes halogenated alkanes) is 1. The van der Waals surface area contributed by atoms with Crippen LogP contribution in [0, 0.1) is 6.07 Å². The van der Waals surface area contributed by atoms with Crippen LogP contribution in [0.15, 0.2) is 59.5 Å². The number of piperidine rings is 1. The number of rotatable bonds is 11. The average Bonchev–Trinajstić information content (AvgIpc) is 3.82. The molecule has 0 unspecified atom stereocenters. The van der Waals surface area contributed by atoms with Gasteiger partial charge in [-0.05, 0) is 92.6 Å². The molecule has 1 saturated heterocycles. The number of hydrogen-bond donors (Lipinski definition) is 3. The lowest BCUT2D eigenvalue weighted by Gasteiger charge is -2.39. The van der Waals surface area contributed by atoms with Gasteiger partial charge in [0.2, 0.25) is 5.01 Å². The molecule has 0 atom stereocenters. The number of sulfone groups is 1. The number of likely N-dealkylation sites (tertiary alicyclic amines) is 1. The lowest BCUT2D eigenvalue weighted by atomic mass is 9.94. The standard InChI is InChI=1S/C28H33N3O7S/c1-37-24-9-5-21(6-10-24)22(20-29-33)4-2-3-19-38-25-11-13-26(14-12-25)39(35,36)28(27(32)30-34)15-17-31(18-16-28)23-7-8-23/h4-6,9-14,23H,2-3,7-8,15-19H2,1H3,(H2-,30,32,33,34)/p+1. The maximum Gasteiger partial charge on any atom is 0.388 e. The molecule has 208 valence electrons. The van der Waals surface area contributed by atoms with Crippen LogP contribution in [0.1, 0.15) is 44.1 Å². The molecule has 2 aliphatic rings. The van der Waals surface area contributed by atoms with Gasteiger partial charge in [-0.15, -0.1) is 0 Å². The third-order valence-corrected chi connectivity index (χ3v) is 9.89. The second-order valence-corrected chi connectivity index (χ2v) is 12.0. The Morgan fingerprint density at radius 1 is 1.13 bits per heavy atom. The van der Waals surface area contributed by atoms with E-state index in [1.807, 2.05) is 30.3 Å². The molecule has 2 aromatic carbocycles. The van der Waals surface area contributed by atoms with Gasteiger partial charge in [0, 0.05) is 19.1 Å². The number of hydrogen-bond acceptors (Lipinski definition) is 8. The predicted octanol–water partition coefficient (Wildman–Crippen LogP) is 3.94. The first-order chi connectivity index (χ1) is 18.8. The van der Waals surface area contributed by atoms with Gasteiger partial charge in [0.05, 0.1) is 18.6 Å². The number of nitrogens with one attached hydrogen (secondary N) is 1. The summed E-state index contributed by atoms with van der Waals surface area (Å²) in [5.41, 5.74) is 3.07. The summed E-state index contributed by atoms with van der Waals surface area (Å²) < 4.78 is 36.4. The number of nitrogens with zero attached hydrogens (tertiary/aromatic N) is 2. The van der Waals surface area contributed by atoms with E-state index >= 15 is 0 Å². The normalized spacial score (nSPS) is 17.5. The number of allylic oxidation sites excluding steroid dienone is 2. The Balaban J connectivity index is 1.35. The molecule has 0 radical (unpaired) electrons. The molecule has 1 amide bonds. The highest BCUT2D eigenvalue weighted by atomic mass is 32.2. The summed E-state index contributed by atoms with van der Waals surface area (Å²) >= 11 is 0. The van der Waals surface area contributed by atoms with Crippen molar-refractivity contribution in [3.05, 3.63) is 65.2 Å². The maximum atomic E-state index is 13.6. The number of carbonyl (C=O) groups excluding carboxylic acids is 1.